The van der Waals surface area contributed by atoms with Crippen LogP contribution in [0, 0.1) is 5.92 Å². The zero-order valence-corrected chi connectivity index (χ0v) is 19.7. The lowest BCUT2D eigenvalue weighted by molar-refractivity contribution is -0.135. The van der Waals surface area contributed by atoms with Gasteiger partial charge in [0.05, 0.1) is 10.6 Å². The maximum Gasteiger partial charge on any atom is 0.247 e. The van der Waals surface area contributed by atoms with Crippen LogP contribution >= 0.6 is 11.8 Å². The van der Waals surface area contributed by atoms with Crippen molar-refractivity contribution in [1.82, 2.24) is 14.1 Å². The number of likely N-dealkylation sites (N-methyl/N-ethyl adjacent to an activating group) is 1. The van der Waals surface area contributed by atoms with E-state index in [9.17, 15) is 18.0 Å². The molecule has 0 unspecified atom stereocenters. The van der Waals surface area contributed by atoms with E-state index in [0.717, 1.165) is 24.3 Å². The van der Waals surface area contributed by atoms with Gasteiger partial charge in [-0.15, -0.1) is 11.8 Å². The molecule has 4 rings (SSSR count). The summed E-state index contributed by atoms with van der Waals surface area (Å²) in [6, 6.07) is 4.80. The molecule has 2 fully saturated rings. The Kier molecular flexibility index (Phi) is 6.62. The summed E-state index contributed by atoms with van der Waals surface area (Å²) in [4.78, 5) is 30.5. The molecule has 3 heterocycles. The molecule has 1 aromatic carbocycles. The minimum Gasteiger partial charge on any atom is -0.341 e. The molecule has 8 nitrogen and oxygen atoms in total. The van der Waals surface area contributed by atoms with E-state index in [1.54, 1.807) is 17.0 Å². The minimum atomic E-state index is -3.63. The van der Waals surface area contributed by atoms with Gasteiger partial charge in [-0.05, 0) is 43.5 Å². The maximum atomic E-state index is 13.1. The number of piperazine rings is 1. The van der Waals surface area contributed by atoms with Crippen LogP contribution in [0.1, 0.15) is 26.7 Å². The lowest BCUT2D eigenvalue weighted by Crippen LogP contribution is -2.48. The van der Waals surface area contributed by atoms with E-state index in [0.29, 0.717) is 50.9 Å². The molecule has 0 saturated carbocycles. The predicted molar refractivity (Wildman–Crippen MR) is 121 cm³/mol. The van der Waals surface area contributed by atoms with Gasteiger partial charge in [0.15, 0.2) is 5.25 Å². The van der Waals surface area contributed by atoms with Gasteiger partial charge in [-0.3, -0.25) is 9.59 Å². The summed E-state index contributed by atoms with van der Waals surface area (Å²) in [6.07, 6.45) is 1.91. The number of carbonyl (C=O) groups excluding carboxylic acids is 2. The van der Waals surface area contributed by atoms with Crippen molar-refractivity contribution in [2.75, 3.05) is 51.1 Å². The van der Waals surface area contributed by atoms with Crippen LogP contribution in [0.3, 0.4) is 0 Å². The second-order valence-electron chi connectivity index (χ2n) is 8.49. The molecular formula is C21H30N4O4S2. The Morgan fingerprint density at radius 3 is 2.45 bits per heavy atom. The Labute approximate surface area is 188 Å². The number of thioether (sulfide) groups is 1. The van der Waals surface area contributed by atoms with Gasteiger partial charge in [0.25, 0.3) is 0 Å². The van der Waals surface area contributed by atoms with Crippen molar-refractivity contribution in [1.29, 1.82) is 0 Å². The van der Waals surface area contributed by atoms with Crippen molar-refractivity contribution < 1.29 is 18.0 Å². The molecule has 0 bridgehead atoms. The van der Waals surface area contributed by atoms with Crippen LogP contribution in [0.25, 0.3) is 0 Å². The molecule has 3 aliphatic rings. The van der Waals surface area contributed by atoms with Crippen molar-refractivity contribution in [3.63, 3.8) is 0 Å². The lowest BCUT2D eigenvalue weighted by atomic mass is 9.99. The number of sulfonamides is 1. The van der Waals surface area contributed by atoms with Crippen LogP contribution in [0.2, 0.25) is 0 Å². The number of piperidine rings is 1. The Hall–Kier alpha value is -1.62. The summed E-state index contributed by atoms with van der Waals surface area (Å²) in [6.45, 7) is 8.86. The number of amides is 2. The van der Waals surface area contributed by atoms with Crippen molar-refractivity contribution in [3.8, 4) is 0 Å². The molecule has 31 heavy (non-hydrogen) atoms. The molecule has 0 radical (unpaired) electrons. The van der Waals surface area contributed by atoms with Gasteiger partial charge in [-0.1, -0.05) is 13.8 Å². The number of hydrogen-bond acceptors (Lipinski definition) is 6. The number of likely N-dealkylation sites (tertiary alicyclic amines) is 1. The highest BCUT2D eigenvalue weighted by Gasteiger charge is 2.37. The summed E-state index contributed by atoms with van der Waals surface area (Å²) in [7, 11) is -3.63. The zero-order chi connectivity index (χ0) is 22.2. The minimum absolute atomic E-state index is 0.162. The highest BCUT2D eigenvalue weighted by Crippen LogP contribution is 2.38. The molecule has 0 spiro atoms. The van der Waals surface area contributed by atoms with E-state index in [1.807, 2.05) is 0 Å². The largest absolute Gasteiger partial charge is 0.341 e. The molecule has 1 aromatic rings. The smallest absolute Gasteiger partial charge is 0.247 e. The molecule has 1 atom stereocenters. The van der Waals surface area contributed by atoms with E-state index in [2.05, 4.69) is 24.1 Å². The van der Waals surface area contributed by atoms with Crippen LogP contribution in [0.5, 0.6) is 0 Å². The third-order valence-corrected chi connectivity index (χ3v) is 9.58. The second-order valence-corrected chi connectivity index (χ2v) is 11.6. The van der Waals surface area contributed by atoms with Gasteiger partial charge in [0, 0.05) is 44.2 Å². The first-order valence-electron chi connectivity index (χ1n) is 10.9. The average Bonchev–Trinajstić information content (AvgIpc) is 2.78. The number of nitrogens with zero attached hydrogens (tertiary/aromatic N) is 3. The summed E-state index contributed by atoms with van der Waals surface area (Å²) in [5, 5.41) is 1.94. The van der Waals surface area contributed by atoms with E-state index in [-0.39, 0.29) is 16.7 Å². The number of carbonyl (C=O) groups is 2. The predicted octanol–water partition coefficient (Wildman–Crippen LogP) is 1.68. The third-order valence-electron chi connectivity index (χ3n) is 6.43. The van der Waals surface area contributed by atoms with Gasteiger partial charge < -0.3 is 15.1 Å². The summed E-state index contributed by atoms with van der Waals surface area (Å²) in [5.74, 6) is 0.0562. The SMILES string of the molecule is CCN1CCN(S(=O)(=O)c2ccc3c(c2)NC(=O)[C@H](C(=O)N2CCC(C)CC2)S3)CC1. The lowest BCUT2D eigenvalue weighted by Gasteiger charge is -2.34. The van der Waals surface area contributed by atoms with Crippen LogP contribution in [-0.4, -0.2) is 85.4 Å². The highest BCUT2D eigenvalue weighted by atomic mass is 32.2. The molecule has 10 heteroatoms. The molecule has 1 N–H and O–H groups in total. The first-order chi connectivity index (χ1) is 14.8. The standard InChI is InChI=1S/C21H30N4O4S2/c1-3-23-10-12-25(13-11-23)31(28,29)16-4-5-18-17(14-16)22-20(26)19(30-18)21(27)24-8-6-15(2)7-9-24/h4-5,14-15,19H,3,6-13H2,1-2H3,(H,22,26)/t19-/m1/s1. The number of fused-ring (bicyclic) bond motifs is 1. The maximum absolute atomic E-state index is 13.1. The van der Waals surface area contributed by atoms with E-state index in [4.69, 9.17) is 0 Å². The van der Waals surface area contributed by atoms with E-state index in [1.165, 1.54) is 22.1 Å². The first-order valence-corrected chi connectivity index (χ1v) is 13.2. The van der Waals surface area contributed by atoms with Crippen LogP contribution < -0.4 is 5.32 Å². The van der Waals surface area contributed by atoms with Gasteiger partial charge in [-0.2, -0.15) is 4.31 Å². The van der Waals surface area contributed by atoms with Crippen LogP contribution in [0.4, 0.5) is 5.69 Å². The Morgan fingerprint density at radius 2 is 1.81 bits per heavy atom. The fraction of sp³-hybridized carbons (Fsp3) is 0.619. The molecule has 0 aromatic heterocycles. The monoisotopic (exact) mass is 466 g/mol. The second kappa shape index (κ2) is 9.09. The molecule has 0 aliphatic carbocycles. The van der Waals surface area contributed by atoms with Crippen LogP contribution in [0.15, 0.2) is 28.0 Å². The van der Waals surface area contributed by atoms with Gasteiger partial charge in [-0.25, -0.2) is 8.42 Å². The van der Waals surface area contributed by atoms with Gasteiger partial charge in [0.2, 0.25) is 21.8 Å². The van der Waals surface area contributed by atoms with Gasteiger partial charge in [0.1, 0.15) is 0 Å². The molecule has 3 aliphatic heterocycles. The fourth-order valence-electron chi connectivity index (χ4n) is 4.24. The number of nitrogens with one attached hydrogen (secondary N) is 1. The molecule has 2 amide bonds. The normalized spacial score (nSPS) is 24.0. The van der Waals surface area contributed by atoms with E-state index >= 15 is 0 Å². The number of benzene rings is 1. The fourth-order valence-corrected chi connectivity index (χ4v) is 6.74. The number of rotatable bonds is 4. The summed E-state index contributed by atoms with van der Waals surface area (Å²) in [5.41, 5.74) is 0.458. The van der Waals surface area contributed by atoms with Crippen molar-refractivity contribution in [2.24, 2.45) is 5.92 Å². The van der Waals surface area contributed by atoms with Gasteiger partial charge >= 0.3 is 0 Å². The topological polar surface area (TPSA) is 90.0 Å². The average molecular weight is 467 g/mol. The highest BCUT2D eigenvalue weighted by molar-refractivity contribution is 8.01. The molecular weight excluding hydrogens is 436 g/mol. The summed E-state index contributed by atoms with van der Waals surface area (Å²) >= 11 is 1.21. The quantitative estimate of drug-likeness (QED) is 0.679. The van der Waals surface area contributed by atoms with Crippen molar-refractivity contribution in [3.05, 3.63) is 18.2 Å². The number of anilines is 1. The first kappa shape index (κ1) is 22.6. The van der Waals surface area contributed by atoms with Crippen molar-refractivity contribution in [2.45, 2.75) is 41.7 Å². The Bertz CT molecular complexity index is 952. The molecule has 2 saturated heterocycles. The Balaban J connectivity index is 1.48. The van der Waals surface area contributed by atoms with Crippen LogP contribution in [-0.2, 0) is 19.6 Å². The zero-order valence-electron chi connectivity index (χ0n) is 18.0. The number of hydrogen-bond donors (Lipinski definition) is 1. The third kappa shape index (κ3) is 4.62. The van der Waals surface area contributed by atoms with E-state index < -0.39 is 15.3 Å². The summed E-state index contributed by atoms with van der Waals surface area (Å²) < 4.78 is 27.7. The Morgan fingerprint density at radius 1 is 1.13 bits per heavy atom. The van der Waals surface area contributed by atoms with Crippen molar-refractivity contribution >= 4 is 39.3 Å². The molecule has 170 valence electrons.